The molecule has 1 saturated carbocycles. The number of hydrogen-bond acceptors (Lipinski definition) is 3. The van der Waals surface area contributed by atoms with Crippen LogP contribution < -0.4 is 5.32 Å². The monoisotopic (exact) mass is 143 g/mol. The Morgan fingerprint density at radius 2 is 2.30 bits per heavy atom. The summed E-state index contributed by atoms with van der Waals surface area (Å²) in [6, 6.07) is 0.423. The molecule has 1 N–H and O–H groups in total. The van der Waals surface area contributed by atoms with Gasteiger partial charge in [-0.05, 0) is 19.8 Å². The topological polar surface area (TPSA) is 38.3 Å². The Balaban J connectivity index is 2.18. The van der Waals surface area contributed by atoms with Gasteiger partial charge < -0.3 is 10.1 Å². The summed E-state index contributed by atoms with van der Waals surface area (Å²) in [5.74, 6) is -0.174. The number of esters is 1. The molecule has 0 unspecified atom stereocenters. The Hall–Kier alpha value is -0.570. The molecular formula is C7H13NO2. The van der Waals surface area contributed by atoms with Crippen molar-refractivity contribution in [3.8, 4) is 0 Å². The molecule has 1 fully saturated rings. The molecule has 0 aromatic rings. The number of ether oxygens (including phenoxy) is 1. The van der Waals surface area contributed by atoms with Gasteiger partial charge in [-0.15, -0.1) is 0 Å². The Bertz CT molecular complexity index is 132. The second-order valence-electron chi connectivity index (χ2n) is 2.69. The Kier molecular flexibility index (Phi) is 2.27. The largest absolute Gasteiger partial charge is 0.468 e. The molecule has 1 aliphatic carbocycles. The summed E-state index contributed by atoms with van der Waals surface area (Å²) in [6.45, 7) is 1.82. The zero-order chi connectivity index (χ0) is 7.56. The number of rotatable bonds is 3. The first-order valence-corrected chi connectivity index (χ1v) is 3.58. The number of hydrogen-bond donors (Lipinski definition) is 1. The van der Waals surface area contributed by atoms with Crippen LogP contribution in [0.1, 0.15) is 19.8 Å². The number of carbonyl (C=O) groups is 1. The average Bonchev–Trinajstić information content (AvgIpc) is 2.70. The van der Waals surface area contributed by atoms with E-state index in [9.17, 15) is 4.79 Å². The van der Waals surface area contributed by atoms with Crippen molar-refractivity contribution < 1.29 is 9.53 Å². The fraction of sp³-hybridized carbons (Fsp3) is 0.857. The highest BCUT2D eigenvalue weighted by atomic mass is 16.5. The van der Waals surface area contributed by atoms with Crippen LogP contribution >= 0.6 is 0 Å². The lowest BCUT2D eigenvalue weighted by molar-refractivity contribution is -0.142. The zero-order valence-electron chi connectivity index (χ0n) is 6.39. The average molecular weight is 143 g/mol. The van der Waals surface area contributed by atoms with Gasteiger partial charge in [-0.25, -0.2) is 0 Å². The summed E-state index contributed by atoms with van der Waals surface area (Å²) >= 11 is 0. The van der Waals surface area contributed by atoms with Crippen LogP contribution in [0.4, 0.5) is 0 Å². The SMILES string of the molecule is COC(=O)[C@H](C)NC1CC1. The lowest BCUT2D eigenvalue weighted by atomic mass is 10.3. The predicted molar refractivity (Wildman–Crippen MR) is 37.6 cm³/mol. The summed E-state index contributed by atoms with van der Waals surface area (Å²) < 4.78 is 4.54. The molecule has 10 heavy (non-hydrogen) atoms. The van der Waals surface area contributed by atoms with Crippen LogP contribution in [0.2, 0.25) is 0 Å². The van der Waals surface area contributed by atoms with E-state index >= 15 is 0 Å². The maximum atomic E-state index is 10.8. The van der Waals surface area contributed by atoms with Gasteiger partial charge >= 0.3 is 5.97 Å². The first-order chi connectivity index (χ1) is 4.74. The Morgan fingerprint density at radius 3 is 2.70 bits per heavy atom. The maximum absolute atomic E-state index is 10.8. The first kappa shape index (κ1) is 7.54. The van der Waals surface area contributed by atoms with E-state index in [4.69, 9.17) is 0 Å². The van der Waals surface area contributed by atoms with E-state index in [2.05, 4.69) is 10.1 Å². The van der Waals surface area contributed by atoms with Crippen molar-refractivity contribution >= 4 is 5.97 Å². The lowest BCUT2D eigenvalue weighted by Crippen LogP contribution is -2.36. The van der Waals surface area contributed by atoms with Gasteiger partial charge in [0.05, 0.1) is 7.11 Å². The van der Waals surface area contributed by atoms with Crippen LogP contribution in [-0.2, 0) is 9.53 Å². The summed E-state index contributed by atoms with van der Waals surface area (Å²) in [4.78, 5) is 10.8. The molecule has 3 nitrogen and oxygen atoms in total. The second-order valence-corrected chi connectivity index (χ2v) is 2.69. The van der Waals surface area contributed by atoms with Crippen molar-refractivity contribution in [1.82, 2.24) is 5.32 Å². The van der Waals surface area contributed by atoms with Crippen molar-refractivity contribution in [1.29, 1.82) is 0 Å². The molecule has 0 radical (unpaired) electrons. The lowest BCUT2D eigenvalue weighted by Gasteiger charge is -2.09. The van der Waals surface area contributed by atoms with Gasteiger partial charge in [0.25, 0.3) is 0 Å². The highest BCUT2D eigenvalue weighted by molar-refractivity contribution is 5.75. The summed E-state index contributed by atoms with van der Waals surface area (Å²) in [5, 5.41) is 3.13. The molecule has 0 bridgehead atoms. The summed E-state index contributed by atoms with van der Waals surface area (Å²) in [6.07, 6.45) is 2.39. The molecule has 0 spiro atoms. The molecule has 0 saturated heterocycles. The minimum Gasteiger partial charge on any atom is -0.468 e. The maximum Gasteiger partial charge on any atom is 0.322 e. The van der Waals surface area contributed by atoms with Gasteiger partial charge in [0.2, 0.25) is 0 Å². The summed E-state index contributed by atoms with van der Waals surface area (Å²) in [7, 11) is 1.41. The molecule has 58 valence electrons. The predicted octanol–water partition coefficient (Wildman–Crippen LogP) is 0.300. The molecule has 1 aliphatic rings. The van der Waals surface area contributed by atoms with Crippen LogP contribution in [0.3, 0.4) is 0 Å². The minimum atomic E-state index is -0.174. The van der Waals surface area contributed by atoms with Crippen LogP contribution in [0.5, 0.6) is 0 Å². The van der Waals surface area contributed by atoms with E-state index in [1.165, 1.54) is 20.0 Å². The fourth-order valence-corrected chi connectivity index (χ4v) is 0.848. The van der Waals surface area contributed by atoms with Crippen molar-refractivity contribution in [3.05, 3.63) is 0 Å². The molecule has 0 aromatic heterocycles. The summed E-state index contributed by atoms with van der Waals surface area (Å²) in [5.41, 5.74) is 0. The van der Waals surface area contributed by atoms with Crippen molar-refractivity contribution in [2.45, 2.75) is 31.8 Å². The van der Waals surface area contributed by atoms with E-state index in [0.717, 1.165) is 0 Å². The molecular weight excluding hydrogens is 130 g/mol. The van der Waals surface area contributed by atoms with Crippen LogP contribution in [0, 0.1) is 0 Å². The van der Waals surface area contributed by atoms with E-state index in [0.29, 0.717) is 6.04 Å². The molecule has 0 aromatic carbocycles. The number of methoxy groups -OCH3 is 1. The third kappa shape index (κ3) is 1.99. The van der Waals surface area contributed by atoms with E-state index < -0.39 is 0 Å². The first-order valence-electron chi connectivity index (χ1n) is 3.58. The number of carbonyl (C=O) groups excluding carboxylic acids is 1. The molecule has 0 aliphatic heterocycles. The van der Waals surface area contributed by atoms with E-state index in [-0.39, 0.29) is 12.0 Å². The standard InChI is InChI=1S/C7H13NO2/c1-5(7(9)10-2)8-6-3-4-6/h5-6,8H,3-4H2,1-2H3/t5-/m0/s1. The smallest absolute Gasteiger partial charge is 0.322 e. The second kappa shape index (κ2) is 3.01. The zero-order valence-corrected chi connectivity index (χ0v) is 6.39. The van der Waals surface area contributed by atoms with Crippen molar-refractivity contribution in [3.63, 3.8) is 0 Å². The quantitative estimate of drug-likeness (QED) is 0.577. The molecule has 0 heterocycles. The van der Waals surface area contributed by atoms with Gasteiger partial charge in [0.15, 0.2) is 0 Å². The van der Waals surface area contributed by atoms with Crippen molar-refractivity contribution in [2.24, 2.45) is 0 Å². The van der Waals surface area contributed by atoms with E-state index in [1.54, 1.807) is 0 Å². The number of nitrogens with one attached hydrogen (secondary N) is 1. The van der Waals surface area contributed by atoms with Crippen LogP contribution in [0.25, 0.3) is 0 Å². The Morgan fingerprint density at radius 1 is 1.70 bits per heavy atom. The normalized spacial score (nSPS) is 20.2. The van der Waals surface area contributed by atoms with Crippen LogP contribution in [0.15, 0.2) is 0 Å². The third-order valence-electron chi connectivity index (χ3n) is 1.62. The van der Waals surface area contributed by atoms with Gasteiger partial charge in [0.1, 0.15) is 6.04 Å². The Labute approximate surface area is 60.7 Å². The van der Waals surface area contributed by atoms with Gasteiger partial charge in [-0.1, -0.05) is 0 Å². The molecule has 0 amide bonds. The molecule has 3 heteroatoms. The van der Waals surface area contributed by atoms with Crippen LogP contribution in [-0.4, -0.2) is 25.2 Å². The van der Waals surface area contributed by atoms with Gasteiger partial charge in [-0.3, -0.25) is 4.79 Å². The third-order valence-corrected chi connectivity index (χ3v) is 1.62. The molecule has 1 atom stereocenters. The highest BCUT2D eigenvalue weighted by Crippen LogP contribution is 2.19. The minimum absolute atomic E-state index is 0.141. The van der Waals surface area contributed by atoms with Crippen molar-refractivity contribution in [2.75, 3.05) is 7.11 Å². The molecule has 1 rings (SSSR count). The van der Waals surface area contributed by atoms with Gasteiger partial charge in [0, 0.05) is 6.04 Å². The fourth-order valence-electron chi connectivity index (χ4n) is 0.848. The highest BCUT2D eigenvalue weighted by Gasteiger charge is 2.25. The van der Waals surface area contributed by atoms with Gasteiger partial charge in [-0.2, -0.15) is 0 Å². The van der Waals surface area contributed by atoms with E-state index in [1.807, 2.05) is 6.92 Å².